The molecule has 2 aliphatic rings. The van der Waals surface area contributed by atoms with Gasteiger partial charge in [-0.05, 0) is 51.4 Å². The topological polar surface area (TPSA) is 76.3 Å². The van der Waals surface area contributed by atoms with Gasteiger partial charge in [0.25, 0.3) is 5.19 Å². The van der Waals surface area contributed by atoms with E-state index in [4.69, 9.17) is 4.74 Å². The number of aromatic nitrogens is 4. The van der Waals surface area contributed by atoms with E-state index in [-0.39, 0.29) is 17.4 Å². The first kappa shape index (κ1) is 19.5. The molecule has 158 valence electrons. The molecule has 0 aliphatic carbocycles. The third-order valence-corrected chi connectivity index (χ3v) is 7.66. The smallest absolute Gasteiger partial charge is 0.294 e. The minimum atomic E-state index is 0.154. The molecule has 2 saturated heterocycles. The standard InChI is InChI=1S/C22H27N5O2S/c1-13-11-22(3)12-16(10-18(13)26(22)4)29-21-24-23-20(30-21)17-6-5-15(9-19(17)28)27-8-7-14(2)25-27/h5-9,13,16,18,28H,10-12H2,1-4H3. The number of phenols is 1. The first-order valence-corrected chi connectivity index (χ1v) is 11.2. The number of piperidine rings is 1. The van der Waals surface area contributed by atoms with Gasteiger partial charge in [-0.25, -0.2) is 4.68 Å². The van der Waals surface area contributed by atoms with Crippen molar-refractivity contribution < 1.29 is 9.84 Å². The van der Waals surface area contributed by atoms with E-state index in [0.29, 0.717) is 27.7 Å². The zero-order chi connectivity index (χ0) is 21.0. The Balaban J connectivity index is 1.33. The third-order valence-electron chi connectivity index (χ3n) is 6.81. The summed E-state index contributed by atoms with van der Waals surface area (Å²) in [4.78, 5) is 2.53. The maximum absolute atomic E-state index is 10.6. The van der Waals surface area contributed by atoms with Gasteiger partial charge < -0.3 is 9.84 Å². The lowest BCUT2D eigenvalue weighted by Crippen LogP contribution is -2.51. The summed E-state index contributed by atoms with van der Waals surface area (Å²) in [5.41, 5.74) is 2.57. The average molecular weight is 426 g/mol. The highest BCUT2D eigenvalue weighted by Gasteiger charge is 2.51. The number of aryl methyl sites for hydroxylation is 1. The van der Waals surface area contributed by atoms with E-state index in [0.717, 1.165) is 24.2 Å². The van der Waals surface area contributed by atoms with Crippen LogP contribution in [0.1, 0.15) is 38.8 Å². The van der Waals surface area contributed by atoms with E-state index in [1.165, 1.54) is 17.8 Å². The van der Waals surface area contributed by atoms with Crippen LogP contribution in [0.4, 0.5) is 0 Å². The lowest BCUT2D eigenvalue weighted by molar-refractivity contribution is 0.0147. The van der Waals surface area contributed by atoms with Crippen LogP contribution in [0.2, 0.25) is 0 Å². The van der Waals surface area contributed by atoms with E-state index in [1.54, 1.807) is 10.7 Å². The van der Waals surface area contributed by atoms with Crippen LogP contribution in [-0.4, -0.2) is 54.7 Å². The fraction of sp³-hybridized carbons (Fsp3) is 0.500. The van der Waals surface area contributed by atoms with Crippen LogP contribution >= 0.6 is 11.3 Å². The van der Waals surface area contributed by atoms with Gasteiger partial charge in [0.15, 0.2) is 5.01 Å². The maximum Gasteiger partial charge on any atom is 0.294 e. The van der Waals surface area contributed by atoms with Crippen LogP contribution in [-0.2, 0) is 0 Å². The highest BCUT2D eigenvalue weighted by Crippen LogP contribution is 2.47. The van der Waals surface area contributed by atoms with Crippen LogP contribution in [0.15, 0.2) is 30.5 Å². The molecule has 0 saturated carbocycles. The molecule has 1 N–H and O–H groups in total. The van der Waals surface area contributed by atoms with Gasteiger partial charge in [0.2, 0.25) is 0 Å². The second-order valence-corrected chi connectivity index (χ2v) is 9.95. The zero-order valence-corrected chi connectivity index (χ0v) is 18.6. The summed E-state index contributed by atoms with van der Waals surface area (Å²) in [7, 11) is 2.24. The molecule has 1 aromatic carbocycles. The maximum atomic E-state index is 10.6. The van der Waals surface area contributed by atoms with Crippen LogP contribution in [0.3, 0.4) is 0 Å². The number of phenolic OH excluding ortho intramolecular Hbond substituents is 1. The molecule has 2 bridgehead atoms. The number of hydrogen-bond acceptors (Lipinski definition) is 7. The summed E-state index contributed by atoms with van der Waals surface area (Å²) in [6, 6.07) is 7.95. The van der Waals surface area contributed by atoms with E-state index in [2.05, 4.69) is 41.1 Å². The first-order valence-electron chi connectivity index (χ1n) is 10.4. The number of ether oxygens (including phenoxy) is 1. The van der Waals surface area contributed by atoms with Gasteiger partial charge in [-0.3, -0.25) is 4.90 Å². The van der Waals surface area contributed by atoms with Crippen LogP contribution in [0, 0.1) is 12.8 Å². The van der Waals surface area contributed by atoms with Gasteiger partial charge in [-0.2, -0.15) is 5.10 Å². The SMILES string of the molecule is Cc1ccn(-c2ccc(-c3nnc(OC4CC5C(C)CC(C)(C4)N5C)s3)c(O)c2)n1. The van der Waals surface area contributed by atoms with Gasteiger partial charge in [0.1, 0.15) is 11.9 Å². The Kier molecular flexibility index (Phi) is 4.59. The second-order valence-electron chi connectivity index (χ2n) is 9.01. The molecule has 2 aromatic heterocycles. The fourth-order valence-electron chi connectivity index (χ4n) is 5.22. The highest BCUT2D eigenvalue weighted by atomic mass is 32.1. The summed E-state index contributed by atoms with van der Waals surface area (Å²) < 4.78 is 8.00. The summed E-state index contributed by atoms with van der Waals surface area (Å²) in [6.07, 6.45) is 5.26. The summed E-state index contributed by atoms with van der Waals surface area (Å²) in [5.74, 6) is 0.842. The molecular weight excluding hydrogens is 398 g/mol. The van der Waals surface area contributed by atoms with Crippen molar-refractivity contribution in [2.45, 2.75) is 57.7 Å². The third kappa shape index (κ3) is 3.28. The summed E-state index contributed by atoms with van der Waals surface area (Å²) in [6.45, 7) is 6.62. The van der Waals surface area contributed by atoms with E-state index >= 15 is 0 Å². The molecule has 5 rings (SSSR count). The van der Waals surface area contributed by atoms with Gasteiger partial charge >= 0.3 is 0 Å². The lowest BCUT2D eigenvalue weighted by Gasteiger charge is -2.43. The second kappa shape index (κ2) is 7.06. The molecule has 0 spiro atoms. The number of fused-ring (bicyclic) bond motifs is 2. The molecule has 0 radical (unpaired) electrons. The molecule has 7 nitrogen and oxygen atoms in total. The quantitative estimate of drug-likeness (QED) is 0.680. The van der Waals surface area contributed by atoms with Gasteiger partial charge in [-0.1, -0.05) is 23.4 Å². The molecule has 8 heteroatoms. The van der Waals surface area contributed by atoms with Crippen molar-refractivity contribution in [1.82, 2.24) is 24.9 Å². The van der Waals surface area contributed by atoms with Gasteiger partial charge in [0.05, 0.1) is 16.9 Å². The predicted octanol–water partition coefficient (Wildman–Crippen LogP) is 4.04. The molecule has 3 aromatic rings. The van der Waals surface area contributed by atoms with Crippen molar-refractivity contribution in [3.8, 4) is 27.2 Å². The number of benzene rings is 1. The Bertz CT molecular complexity index is 1080. The van der Waals surface area contributed by atoms with Crippen LogP contribution in [0.5, 0.6) is 10.9 Å². The van der Waals surface area contributed by atoms with E-state index < -0.39 is 0 Å². The fourth-order valence-corrected chi connectivity index (χ4v) is 6.01. The molecule has 4 heterocycles. The Hall–Kier alpha value is -2.45. The average Bonchev–Trinajstić information content (AvgIpc) is 3.35. The summed E-state index contributed by atoms with van der Waals surface area (Å²) in [5, 5.41) is 24.7. The van der Waals surface area contributed by atoms with E-state index in [9.17, 15) is 5.11 Å². The molecule has 2 fully saturated rings. The number of hydrogen-bond donors (Lipinski definition) is 1. The Labute approximate surface area is 180 Å². The monoisotopic (exact) mass is 425 g/mol. The minimum Gasteiger partial charge on any atom is -0.507 e. The first-order chi connectivity index (χ1) is 14.3. The van der Waals surface area contributed by atoms with Gasteiger partial charge in [0, 0.05) is 36.7 Å². The molecular formula is C22H27N5O2S. The van der Waals surface area contributed by atoms with Crippen molar-refractivity contribution in [2.75, 3.05) is 7.05 Å². The molecule has 4 atom stereocenters. The number of rotatable bonds is 4. The summed E-state index contributed by atoms with van der Waals surface area (Å²) >= 11 is 1.38. The van der Waals surface area contributed by atoms with Crippen molar-refractivity contribution in [1.29, 1.82) is 0 Å². The largest absolute Gasteiger partial charge is 0.507 e. The lowest BCUT2D eigenvalue weighted by atomic mass is 9.89. The predicted molar refractivity (Wildman–Crippen MR) is 116 cm³/mol. The van der Waals surface area contributed by atoms with Crippen molar-refractivity contribution in [2.24, 2.45) is 5.92 Å². The van der Waals surface area contributed by atoms with Crippen LogP contribution < -0.4 is 4.74 Å². The van der Waals surface area contributed by atoms with Crippen molar-refractivity contribution >= 4 is 11.3 Å². The van der Waals surface area contributed by atoms with E-state index in [1.807, 2.05) is 31.3 Å². The molecule has 0 amide bonds. The van der Waals surface area contributed by atoms with Crippen molar-refractivity contribution in [3.63, 3.8) is 0 Å². The van der Waals surface area contributed by atoms with Crippen molar-refractivity contribution in [3.05, 3.63) is 36.2 Å². The Morgan fingerprint density at radius 2 is 2.07 bits per heavy atom. The Morgan fingerprint density at radius 1 is 1.23 bits per heavy atom. The highest BCUT2D eigenvalue weighted by molar-refractivity contribution is 7.16. The Morgan fingerprint density at radius 3 is 2.77 bits per heavy atom. The molecule has 30 heavy (non-hydrogen) atoms. The number of aromatic hydroxyl groups is 1. The minimum absolute atomic E-state index is 0.154. The normalized spacial score (nSPS) is 28.7. The van der Waals surface area contributed by atoms with Crippen LogP contribution in [0.25, 0.3) is 16.3 Å². The van der Waals surface area contributed by atoms with Gasteiger partial charge in [-0.15, -0.1) is 5.10 Å². The molecule has 4 unspecified atom stereocenters. The molecule has 2 aliphatic heterocycles. The zero-order valence-electron chi connectivity index (χ0n) is 17.7. The number of nitrogens with zero attached hydrogens (tertiary/aromatic N) is 5.